The maximum absolute atomic E-state index is 12.4. The summed E-state index contributed by atoms with van der Waals surface area (Å²) in [4.78, 5) is 16.2. The van der Waals surface area contributed by atoms with Crippen LogP contribution in [0.3, 0.4) is 0 Å². The molecule has 4 aromatic rings. The van der Waals surface area contributed by atoms with Gasteiger partial charge in [0.2, 0.25) is 11.8 Å². The number of hydrogen-bond acceptors (Lipinski definition) is 7. The number of thioether (sulfide) groups is 1. The number of rotatable bonds is 7. The maximum atomic E-state index is 12.4. The molecule has 140 valence electrons. The van der Waals surface area contributed by atoms with Crippen LogP contribution in [0.25, 0.3) is 11.1 Å². The number of aromatic nitrogens is 5. The Bertz CT molecular complexity index is 1050. The molecule has 0 aliphatic heterocycles. The van der Waals surface area contributed by atoms with E-state index in [1.54, 1.807) is 11.0 Å². The van der Waals surface area contributed by atoms with Gasteiger partial charge in [-0.2, -0.15) is 5.10 Å². The number of nitrogens with zero attached hydrogens (tertiary/aromatic N) is 5. The highest BCUT2D eigenvalue weighted by Gasteiger charge is 2.12. The molecule has 0 unspecified atom stereocenters. The van der Waals surface area contributed by atoms with Crippen LogP contribution in [0.4, 0.5) is 5.69 Å². The molecule has 0 saturated heterocycles. The number of carbonyl (C=O) groups excluding carboxylic acids is 1. The Kier molecular flexibility index (Phi) is 5.43. The average molecular weight is 392 g/mol. The largest absolute Gasteiger partial charge is 0.414 e. The van der Waals surface area contributed by atoms with Gasteiger partial charge < -0.3 is 9.73 Å². The number of benzene rings is 2. The molecule has 0 radical (unpaired) electrons. The van der Waals surface area contributed by atoms with Crippen molar-refractivity contribution in [3.63, 3.8) is 0 Å². The monoisotopic (exact) mass is 392 g/mol. The molecule has 9 heteroatoms. The molecule has 2 aromatic carbocycles. The van der Waals surface area contributed by atoms with Crippen molar-refractivity contribution in [2.45, 2.75) is 11.8 Å². The maximum Gasteiger partial charge on any atom is 0.277 e. The SMILES string of the molecule is O=C(CSc1nnc(Cn2cncn2)o1)Nc1ccccc1-c1ccccc1. The van der Waals surface area contributed by atoms with Gasteiger partial charge in [0.1, 0.15) is 19.2 Å². The molecule has 0 bridgehead atoms. The van der Waals surface area contributed by atoms with Crippen molar-refractivity contribution >= 4 is 23.4 Å². The first kappa shape index (κ1) is 17.9. The van der Waals surface area contributed by atoms with Crippen molar-refractivity contribution in [2.75, 3.05) is 11.1 Å². The van der Waals surface area contributed by atoms with Crippen molar-refractivity contribution in [1.29, 1.82) is 0 Å². The van der Waals surface area contributed by atoms with E-state index in [4.69, 9.17) is 4.42 Å². The van der Waals surface area contributed by atoms with Crippen LogP contribution in [0.2, 0.25) is 0 Å². The summed E-state index contributed by atoms with van der Waals surface area (Å²) in [5.41, 5.74) is 2.77. The Hall–Kier alpha value is -3.46. The number of para-hydroxylation sites is 1. The van der Waals surface area contributed by atoms with Gasteiger partial charge in [0.05, 0.1) is 5.75 Å². The Balaban J connectivity index is 1.36. The molecule has 4 rings (SSSR count). The number of amides is 1. The molecule has 1 N–H and O–H groups in total. The van der Waals surface area contributed by atoms with E-state index in [0.29, 0.717) is 17.7 Å². The minimum absolute atomic E-state index is 0.149. The molecule has 28 heavy (non-hydrogen) atoms. The zero-order chi connectivity index (χ0) is 19.2. The summed E-state index contributed by atoms with van der Waals surface area (Å²) in [5.74, 6) is 0.417. The summed E-state index contributed by atoms with van der Waals surface area (Å²) in [6, 6.07) is 17.6. The molecular weight excluding hydrogens is 376 g/mol. The highest BCUT2D eigenvalue weighted by atomic mass is 32.2. The first-order valence-electron chi connectivity index (χ1n) is 8.50. The molecule has 2 aromatic heterocycles. The lowest BCUT2D eigenvalue weighted by atomic mass is 10.0. The van der Waals surface area contributed by atoms with E-state index in [2.05, 4.69) is 25.6 Å². The quantitative estimate of drug-likeness (QED) is 0.483. The van der Waals surface area contributed by atoms with E-state index in [9.17, 15) is 4.79 Å². The van der Waals surface area contributed by atoms with Crippen LogP contribution in [-0.2, 0) is 11.3 Å². The van der Waals surface area contributed by atoms with Gasteiger partial charge in [0.15, 0.2) is 0 Å². The summed E-state index contributed by atoms with van der Waals surface area (Å²) in [5, 5.41) is 15.2. The lowest BCUT2D eigenvalue weighted by Gasteiger charge is -2.10. The molecular formula is C19H16N6O2S. The topological polar surface area (TPSA) is 98.7 Å². The van der Waals surface area contributed by atoms with Gasteiger partial charge in [-0.05, 0) is 11.6 Å². The van der Waals surface area contributed by atoms with E-state index in [1.165, 1.54) is 18.1 Å². The van der Waals surface area contributed by atoms with E-state index in [-0.39, 0.29) is 11.7 Å². The fraction of sp³-hybridized carbons (Fsp3) is 0.105. The Morgan fingerprint density at radius 3 is 2.71 bits per heavy atom. The highest BCUT2D eigenvalue weighted by Crippen LogP contribution is 2.28. The van der Waals surface area contributed by atoms with Gasteiger partial charge in [-0.1, -0.05) is 60.3 Å². The van der Waals surface area contributed by atoms with Crippen molar-refractivity contribution in [1.82, 2.24) is 25.0 Å². The van der Waals surface area contributed by atoms with Crippen molar-refractivity contribution in [3.05, 3.63) is 73.1 Å². The minimum atomic E-state index is -0.149. The summed E-state index contributed by atoms with van der Waals surface area (Å²) >= 11 is 1.19. The van der Waals surface area contributed by atoms with Crippen LogP contribution in [-0.4, -0.2) is 36.6 Å². The molecule has 0 saturated carbocycles. The summed E-state index contributed by atoms with van der Waals surface area (Å²) in [6.07, 6.45) is 3.00. The van der Waals surface area contributed by atoms with Crippen LogP contribution in [0.5, 0.6) is 0 Å². The second-order valence-electron chi connectivity index (χ2n) is 5.80. The smallest absolute Gasteiger partial charge is 0.277 e. The second-order valence-corrected chi connectivity index (χ2v) is 6.73. The Labute approximate surface area is 165 Å². The first-order chi connectivity index (χ1) is 13.8. The first-order valence-corrected chi connectivity index (χ1v) is 9.48. The van der Waals surface area contributed by atoms with Gasteiger partial charge in [0, 0.05) is 11.3 Å². The average Bonchev–Trinajstić information content (AvgIpc) is 3.40. The van der Waals surface area contributed by atoms with Crippen LogP contribution in [0.15, 0.2) is 76.9 Å². The highest BCUT2D eigenvalue weighted by molar-refractivity contribution is 7.99. The fourth-order valence-corrected chi connectivity index (χ4v) is 3.17. The van der Waals surface area contributed by atoms with Crippen molar-refractivity contribution < 1.29 is 9.21 Å². The summed E-state index contributed by atoms with van der Waals surface area (Å²) in [6.45, 7) is 0.338. The van der Waals surface area contributed by atoms with Crippen LogP contribution in [0, 0.1) is 0 Å². The normalized spacial score (nSPS) is 10.7. The van der Waals surface area contributed by atoms with Crippen LogP contribution < -0.4 is 5.32 Å². The third kappa shape index (κ3) is 4.44. The standard InChI is InChI=1S/C19H16N6O2S/c26-17(11-28-19-24-23-18(27-19)10-25-13-20-12-21-25)22-16-9-5-4-8-15(16)14-6-2-1-3-7-14/h1-9,12-13H,10-11H2,(H,22,26). The lowest BCUT2D eigenvalue weighted by molar-refractivity contribution is -0.113. The van der Waals surface area contributed by atoms with E-state index in [0.717, 1.165) is 16.8 Å². The molecule has 8 nitrogen and oxygen atoms in total. The van der Waals surface area contributed by atoms with Crippen LogP contribution in [0.1, 0.15) is 5.89 Å². The minimum Gasteiger partial charge on any atom is -0.414 e. The molecule has 0 aliphatic carbocycles. The van der Waals surface area contributed by atoms with Gasteiger partial charge in [-0.15, -0.1) is 10.2 Å². The zero-order valence-corrected chi connectivity index (χ0v) is 15.5. The predicted molar refractivity (Wildman–Crippen MR) is 105 cm³/mol. The van der Waals surface area contributed by atoms with Crippen LogP contribution >= 0.6 is 11.8 Å². The van der Waals surface area contributed by atoms with E-state index >= 15 is 0 Å². The zero-order valence-electron chi connectivity index (χ0n) is 14.7. The van der Waals surface area contributed by atoms with Gasteiger partial charge >= 0.3 is 0 Å². The Morgan fingerprint density at radius 1 is 1.07 bits per heavy atom. The molecule has 1 amide bonds. The number of nitrogens with one attached hydrogen (secondary N) is 1. The van der Waals surface area contributed by atoms with Crippen molar-refractivity contribution in [2.24, 2.45) is 0 Å². The molecule has 0 fully saturated rings. The number of anilines is 1. The Morgan fingerprint density at radius 2 is 1.89 bits per heavy atom. The van der Waals surface area contributed by atoms with Crippen molar-refractivity contribution in [3.8, 4) is 11.1 Å². The molecule has 0 atom stereocenters. The number of hydrogen-bond donors (Lipinski definition) is 1. The fourth-order valence-electron chi connectivity index (χ4n) is 2.59. The third-order valence-corrected chi connectivity index (χ3v) is 4.64. The van der Waals surface area contributed by atoms with E-state index < -0.39 is 0 Å². The molecule has 0 spiro atoms. The van der Waals surface area contributed by atoms with Gasteiger partial charge in [0.25, 0.3) is 5.22 Å². The third-order valence-electron chi connectivity index (χ3n) is 3.82. The lowest BCUT2D eigenvalue weighted by Crippen LogP contribution is -2.14. The summed E-state index contributed by atoms with van der Waals surface area (Å²) < 4.78 is 7.10. The van der Waals surface area contributed by atoms with Gasteiger partial charge in [-0.3, -0.25) is 4.79 Å². The molecule has 2 heterocycles. The predicted octanol–water partition coefficient (Wildman–Crippen LogP) is 3.11. The van der Waals surface area contributed by atoms with Gasteiger partial charge in [-0.25, -0.2) is 9.67 Å². The summed E-state index contributed by atoms with van der Waals surface area (Å²) in [7, 11) is 0. The molecule has 0 aliphatic rings. The van der Waals surface area contributed by atoms with E-state index in [1.807, 2.05) is 54.6 Å². The second kappa shape index (κ2) is 8.49. The number of carbonyl (C=O) groups is 1.